The summed E-state index contributed by atoms with van der Waals surface area (Å²) < 4.78 is 30.7. The molecule has 8 heteroatoms. The summed E-state index contributed by atoms with van der Waals surface area (Å²) in [6, 6.07) is 1.29. The summed E-state index contributed by atoms with van der Waals surface area (Å²) in [6.45, 7) is 2.95. The van der Waals surface area contributed by atoms with Crippen LogP contribution in [0.2, 0.25) is 6.04 Å². The first-order chi connectivity index (χ1) is 9.03. The molecule has 1 rings (SSSR count). The zero-order valence-electron chi connectivity index (χ0n) is 12.9. The molecule has 1 atom stereocenters. The van der Waals surface area contributed by atoms with Crippen molar-refractivity contribution in [2.24, 2.45) is 0 Å². The minimum Gasteiger partial charge on any atom is -0.376 e. The number of hydrogen-bond donors (Lipinski definition) is 0. The molecule has 1 fully saturated rings. The second-order valence-corrected chi connectivity index (χ2v) is 9.73. The average Bonchev–Trinajstić information content (AvgIpc) is 2.97. The highest BCUT2D eigenvalue weighted by Crippen LogP contribution is 2.32. The Morgan fingerprint density at radius 1 is 1.05 bits per heavy atom. The second-order valence-electron chi connectivity index (χ2n) is 4.79. The molecule has 0 saturated carbocycles. The van der Waals surface area contributed by atoms with Crippen LogP contribution in [-0.2, 0) is 22.8 Å². The second kappa shape index (κ2) is 7.27. The molecule has 0 amide bonds. The number of nitrogens with zero attached hydrogens (tertiary/aromatic N) is 1. The Balaban J connectivity index is 3.16. The number of methoxy groups -OCH3 is 2. The Hall–Kier alpha value is 0.194. The molecule has 0 spiro atoms. The summed E-state index contributed by atoms with van der Waals surface area (Å²) in [5.74, 6) is -0.800. The van der Waals surface area contributed by atoms with Gasteiger partial charge in [0, 0.05) is 35.5 Å². The highest BCUT2D eigenvalue weighted by atomic mass is 28.4. The summed E-state index contributed by atoms with van der Waals surface area (Å²) in [4.78, 5) is 0. The lowest BCUT2D eigenvalue weighted by atomic mass is 10.3. The summed E-state index contributed by atoms with van der Waals surface area (Å²) in [7, 11) is 4.99. The molecular formula is C11H27NO5Si2. The average molecular weight is 310 g/mol. The maximum Gasteiger partial charge on any atom is 0.523 e. The van der Waals surface area contributed by atoms with Crippen molar-refractivity contribution >= 4 is 18.5 Å². The molecule has 114 valence electrons. The first-order valence-electron chi connectivity index (χ1n) is 6.53. The molecule has 0 aromatic heterocycles. The Morgan fingerprint density at radius 3 is 1.89 bits per heavy atom. The maximum atomic E-state index is 5.68. The van der Waals surface area contributed by atoms with Crippen LogP contribution in [0.15, 0.2) is 0 Å². The number of hydrogen-bond acceptors (Lipinski definition) is 6. The first-order valence-corrected chi connectivity index (χ1v) is 9.96. The van der Waals surface area contributed by atoms with Crippen molar-refractivity contribution in [2.45, 2.75) is 30.8 Å². The third-order valence-corrected chi connectivity index (χ3v) is 9.71. The van der Waals surface area contributed by atoms with Crippen molar-refractivity contribution < 1.29 is 22.8 Å². The van der Waals surface area contributed by atoms with Crippen molar-refractivity contribution in [1.29, 1.82) is 0 Å². The smallest absolute Gasteiger partial charge is 0.376 e. The van der Waals surface area contributed by atoms with Gasteiger partial charge in [-0.1, -0.05) is 0 Å². The minimum atomic E-state index is -2.88. The maximum absolute atomic E-state index is 5.68. The molecule has 0 radical (unpaired) electrons. The highest BCUT2D eigenvalue weighted by Gasteiger charge is 2.60. The third kappa shape index (κ3) is 3.27. The van der Waals surface area contributed by atoms with Crippen LogP contribution in [0.25, 0.3) is 0 Å². The molecule has 1 heterocycles. The predicted octanol–water partition coefficient (Wildman–Crippen LogP) is -0.0109. The Morgan fingerprint density at radius 2 is 1.58 bits per heavy atom. The van der Waals surface area contributed by atoms with Crippen molar-refractivity contribution in [3.8, 4) is 0 Å². The van der Waals surface area contributed by atoms with E-state index in [9.17, 15) is 0 Å². The molecule has 0 bridgehead atoms. The lowest BCUT2D eigenvalue weighted by molar-refractivity contribution is -0.218. The van der Waals surface area contributed by atoms with Crippen LogP contribution in [0.3, 0.4) is 0 Å². The molecule has 1 unspecified atom stereocenters. The summed E-state index contributed by atoms with van der Waals surface area (Å²) in [5, 5.41) is 0. The van der Waals surface area contributed by atoms with E-state index in [2.05, 4.69) is 4.57 Å². The van der Waals surface area contributed by atoms with Crippen LogP contribution in [0.5, 0.6) is 0 Å². The monoisotopic (exact) mass is 309 g/mol. The van der Waals surface area contributed by atoms with Gasteiger partial charge >= 0.3 is 8.80 Å². The fraction of sp³-hybridized carbons (Fsp3) is 1.00. The van der Waals surface area contributed by atoms with Crippen molar-refractivity contribution in [3.63, 3.8) is 0 Å². The Kier molecular flexibility index (Phi) is 6.60. The molecular weight excluding hydrogens is 282 g/mol. The quantitative estimate of drug-likeness (QED) is 0.464. The SMILES string of the molecule is COC(C)(OC)C(N1CCC[SiH2]1)[Si](OC)(OC)OC. The third-order valence-electron chi connectivity index (χ3n) is 4.00. The van der Waals surface area contributed by atoms with Crippen LogP contribution < -0.4 is 0 Å². The van der Waals surface area contributed by atoms with Crippen LogP contribution in [0.1, 0.15) is 13.3 Å². The molecule has 19 heavy (non-hydrogen) atoms. The van der Waals surface area contributed by atoms with E-state index in [-0.39, 0.29) is 15.3 Å². The van der Waals surface area contributed by atoms with Gasteiger partial charge < -0.3 is 27.3 Å². The van der Waals surface area contributed by atoms with Gasteiger partial charge in [-0.3, -0.25) is 0 Å². The van der Waals surface area contributed by atoms with E-state index in [0.29, 0.717) is 0 Å². The molecule has 0 aliphatic carbocycles. The van der Waals surface area contributed by atoms with Gasteiger partial charge in [0.15, 0.2) is 5.79 Å². The van der Waals surface area contributed by atoms with Crippen LogP contribution >= 0.6 is 0 Å². The van der Waals surface area contributed by atoms with E-state index in [0.717, 1.165) is 6.54 Å². The topological polar surface area (TPSA) is 49.4 Å². The zero-order valence-corrected chi connectivity index (χ0v) is 15.3. The van der Waals surface area contributed by atoms with Gasteiger partial charge in [0.1, 0.15) is 5.67 Å². The lowest BCUT2D eigenvalue weighted by Gasteiger charge is -2.46. The van der Waals surface area contributed by atoms with Crippen LogP contribution in [0, 0.1) is 0 Å². The Labute approximate surface area is 119 Å². The fourth-order valence-corrected chi connectivity index (χ4v) is 8.34. The van der Waals surface area contributed by atoms with Crippen molar-refractivity contribution in [2.75, 3.05) is 42.1 Å². The number of rotatable bonds is 8. The predicted molar refractivity (Wildman–Crippen MR) is 77.7 cm³/mol. The summed E-state index contributed by atoms with van der Waals surface area (Å²) in [6.07, 6.45) is 1.22. The molecule has 0 N–H and O–H groups in total. The van der Waals surface area contributed by atoms with Crippen molar-refractivity contribution in [3.05, 3.63) is 0 Å². The molecule has 1 saturated heterocycles. The van der Waals surface area contributed by atoms with E-state index in [4.69, 9.17) is 22.8 Å². The summed E-state index contributed by atoms with van der Waals surface area (Å²) in [5.41, 5.74) is -0.135. The fourth-order valence-electron chi connectivity index (χ4n) is 2.77. The molecule has 1 aliphatic rings. The molecule has 0 aromatic rings. The summed E-state index contributed by atoms with van der Waals surface area (Å²) >= 11 is 0. The van der Waals surface area contributed by atoms with Gasteiger partial charge in [-0.15, -0.1) is 0 Å². The molecule has 1 aliphatic heterocycles. The molecule has 0 aromatic carbocycles. The standard InChI is InChI=1S/C11H27NO5Si2/c1-11(13-2,14-3)10(12-8-7-9-18-12)19(15-4,16-5)17-6/h10H,7-9,18H2,1-6H3. The van der Waals surface area contributed by atoms with Gasteiger partial charge in [-0.2, -0.15) is 0 Å². The minimum absolute atomic E-state index is 0.135. The largest absolute Gasteiger partial charge is 0.523 e. The Bertz CT molecular complexity index is 260. The lowest BCUT2D eigenvalue weighted by Crippen LogP contribution is -2.70. The van der Waals surface area contributed by atoms with Gasteiger partial charge in [-0.05, 0) is 25.9 Å². The van der Waals surface area contributed by atoms with E-state index >= 15 is 0 Å². The zero-order chi connectivity index (χ0) is 14.5. The highest BCUT2D eigenvalue weighted by molar-refractivity contribution is 6.63. The first kappa shape index (κ1) is 17.2. The van der Waals surface area contributed by atoms with Gasteiger partial charge in [-0.25, -0.2) is 0 Å². The molecule has 6 nitrogen and oxygen atoms in total. The van der Waals surface area contributed by atoms with Gasteiger partial charge in [0.25, 0.3) is 0 Å². The van der Waals surface area contributed by atoms with E-state index in [1.165, 1.54) is 12.5 Å². The van der Waals surface area contributed by atoms with Gasteiger partial charge in [0.05, 0.1) is 9.68 Å². The normalized spacial score (nSPS) is 21.2. The van der Waals surface area contributed by atoms with Crippen LogP contribution in [0.4, 0.5) is 0 Å². The van der Waals surface area contributed by atoms with E-state index < -0.39 is 14.6 Å². The number of ether oxygens (including phenoxy) is 2. The van der Waals surface area contributed by atoms with E-state index in [1.807, 2.05) is 6.92 Å². The van der Waals surface area contributed by atoms with Crippen LogP contribution in [-0.4, -0.2) is 76.6 Å². The van der Waals surface area contributed by atoms with Gasteiger partial charge in [0.2, 0.25) is 0 Å². The van der Waals surface area contributed by atoms with E-state index in [1.54, 1.807) is 35.5 Å². The van der Waals surface area contributed by atoms with Crippen molar-refractivity contribution in [1.82, 2.24) is 4.57 Å².